The number of nitrogens with two attached hydrogens (primary N) is 1. The number of hydrogen-bond donors (Lipinski definition) is 5. The van der Waals surface area contributed by atoms with Crippen LogP contribution in [0.5, 0.6) is 17.2 Å². The van der Waals surface area contributed by atoms with E-state index in [2.05, 4.69) is 30.5 Å². The van der Waals surface area contributed by atoms with Crippen molar-refractivity contribution >= 4 is 52.8 Å². The van der Waals surface area contributed by atoms with Crippen LogP contribution in [0.2, 0.25) is 0 Å². The van der Waals surface area contributed by atoms with Gasteiger partial charge in [0.05, 0.1) is 56.3 Å². The van der Waals surface area contributed by atoms with E-state index >= 15 is 8.42 Å². The second-order valence-electron chi connectivity index (χ2n) is 14.2. The van der Waals surface area contributed by atoms with Crippen LogP contribution in [-0.2, 0) is 39.7 Å². The van der Waals surface area contributed by atoms with E-state index in [1.165, 1.54) is 43.4 Å². The minimum atomic E-state index is -5.03. The highest BCUT2D eigenvalue weighted by atomic mass is 32.2. The predicted molar refractivity (Wildman–Crippen MR) is 238 cm³/mol. The van der Waals surface area contributed by atoms with Gasteiger partial charge in [-0.05, 0) is 81.2 Å². The summed E-state index contributed by atoms with van der Waals surface area (Å²) in [6, 6.07) is 26.9. The first kappa shape index (κ1) is 45.3. The van der Waals surface area contributed by atoms with Gasteiger partial charge in [-0.15, -0.1) is 5.10 Å². The van der Waals surface area contributed by atoms with Crippen molar-refractivity contribution in [3.05, 3.63) is 120 Å². The summed E-state index contributed by atoms with van der Waals surface area (Å²) in [6.45, 7) is -1.91. The maximum atomic E-state index is 16.1. The maximum absolute atomic E-state index is 16.1. The van der Waals surface area contributed by atoms with Crippen molar-refractivity contribution in [1.82, 2.24) is 39.5 Å². The first-order valence-electron chi connectivity index (χ1n) is 19.3. The number of carboxylic acid groups (broad SMARTS) is 1. The zero-order chi connectivity index (χ0) is 45.6. The number of nitrogens with zero attached hydrogens (tertiary/aromatic N) is 6. The topological polar surface area (TPSA) is 263 Å². The molecule has 0 aliphatic heterocycles. The molecule has 1 atom stereocenters. The van der Waals surface area contributed by atoms with E-state index < -0.39 is 55.1 Å². The number of methoxy groups -OCH3 is 3. The standard InChI is InChI=1S/C42H43N9O10S3/c1-59-30-13-7-26(8-14-30)22-50(23-27-9-15-31(60-2)16-10-27)64(57,58)39-36(63(55,56)47-29(25-52)21-44-42(53)54)20-19-33(34-5-4-6-35-38(34)45-41(43)62-35)37(39)40-46-48-49-51(40)24-28-11-17-32(61-3)18-12-28/h4-20,29,44,47,52H,21-25H2,1-3H3,(H2,43,45)(H,53,54)/t29-/m0/s1. The van der Waals surface area contributed by atoms with Gasteiger partial charge in [-0.25, -0.2) is 36.0 Å². The highest BCUT2D eigenvalue weighted by Gasteiger charge is 2.39. The van der Waals surface area contributed by atoms with E-state index in [-0.39, 0.29) is 41.7 Å². The van der Waals surface area contributed by atoms with E-state index in [4.69, 9.17) is 19.9 Å². The second-order valence-corrected chi connectivity index (χ2v) is 18.8. The number of nitrogens with one attached hydrogen (secondary N) is 2. The van der Waals surface area contributed by atoms with Crippen LogP contribution in [0.4, 0.5) is 9.93 Å². The van der Waals surface area contributed by atoms with Gasteiger partial charge in [0.25, 0.3) is 0 Å². The summed E-state index contributed by atoms with van der Waals surface area (Å²) in [7, 11) is -5.47. The van der Waals surface area contributed by atoms with E-state index in [1.54, 1.807) is 91.0 Å². The minimum Gasteiger partial charge on any atom is -0.497 e. The number of tetrazole rings is 1. The number of aliphatic hydroxyl groups excluding tert-OH is 1. The van der Waals surface area contributed by atoms with Gasteiger partial charge in [0.15, 0.2) is 11.0 Å². The Morgan fingerprint density at radius 3 is 1.94 bits per heavy atom. The third-order valence-electron chi connectivity index (χ3n) is 10.1. The molecule has 22 heteroatoms. The number of aliphatic hydroxyl groups is 1. The zero-order valence-corrected chi connectivity index (χ0v) is 37.0. The molecule has 0 saturated heterocycles. The third-order valence-corrected chi connectivity index (χ3v) is 14.5. The fourth-order valence-corrected chi connectivity index (χ4v) is 11.3. The van der Waals surface area contributed by atoms with Crippen molar-refractivity contribution in [1.29, 1.82) is 0 Å². The molecule has 0 fully saturated rings. The quantitative estimate of drug-likeness (QED) is 0.0744. The summed E-state index contributed by atoms with van der Waals surface area (Å²) in [4.78, 5) is 14.5. The normalized spacial score (nSPS) is 12.3. The Bertz CT molecular complexity index is 2930. The summed E-state index contributed by atoms with van der Waals surface area (Å²) >= 11 is 1.21. The Morgan fingerprint density at radius 1 is 0.812 bits per heavy atom. The molecule has 5 aromatic carbocycles. The van der Waals surface area contributed by atoms with Crippen molar-refractivity contribution in [3.63, 3.8) is 0 Å². The lowest BCUT2D eigenvalue weighted by molar-refractivity contribution is 0.190. The van der Waals surface area contributed by atoms with Crippen LogP contribution in [0.1, 0.15) is 16.7 Å². The summed E-state index contributed by atoms with van der Waals surface area (Å²) in [5, 5.41) is 34.4. The van der Waals surface area contributed by atoms with Crippen LogP contribution < -0.4 is 30.0 Å². The Morgan fingerprint density at radius 2 is 1.39 bits per heavy atom. The number of sulfonamides is 2. The first-order valence-corrected chi connectivity index (χ1v) is 23.1. The van der Waals surface area contributed by atoms with Gasteiger partial charge in [-0.2, -0.15) is 4.31 Å². The smallest absolute Gasteiger partial charge is 0.404 e. The Balaban J connectivity index is 1.54. The predicted octanol–water partition coefficient (Wildman–Crippen LogP) is 4.57. The van der Waals surface area contributed by atoms with Crippen LogP contribution in [0.25, 0.3) is 32.7 Å². The van der Waals surface area contributed by atoms with Gasteiger partial charge < -0.3 is 35.5 Å². The average molecular weight is 930 g/mol. The number of hydrogen-bond acceptors (Lipinski definition) is 15. The number of aromatic nitrogens is 5. The molecule has 0 unspecified atom stereocenters. The molecule has 0 bridgehead atoms. The van der Waals surface area contributed by atoms with Gasteiger partial charge in [0.2, 0.25) is 20.0 Å². The SMILES string of the molecule is COc1ccc(CN(Cc2ccc(OC)cc2)S(=O)(=O)c2c(S(=O)(=O)N[C@H](CO)CNC(=O)O)ccc(-c3cccc4sc(N)nc34)c2-c2nnnn2Cc2ccc(OC)cc2)cc1. The molecule has 0 saturated carbocycles. The number of para-hydroxylation sites is 1. The lowest BCUT2D eigenvalue weighted by Gasteiger charge is -2.27. The summed E-state index contributed by atoms with van der Waals surface area (Å²) in [6.07, 6.45) is -1.47. The summed E-state index contributed by atoms with van der Waals surface area (Å²) < 4.78 is 83.2. The fraction of sp³-hybridized carbons (Fsp3) is 0.214. The molecular formula is C42H43N9O10S3. The number of thiazole rings is 1. The molecular weight excluding hydrogens is 887 g/mol. The highest BCUT2D eigenvalue weighted by molar-refractivity contribution is 7.92. The monoisotopic (exact) mass is 929 g/mol. The van der Waals surface area contributed by atoms with Crippen molar-refractivity contribution < 1.29 is 46.1 Å². The van der Waals surface area contributed by atoms with Crippen LogP contribution in [0, 0.1) is 0 Å². The van der Waals surface area contributed by atoms with Gasteiger partial charge in [-0.1, -0.05) is 65.9 Å². The van der Waals surface area contributed by atoms with E-state index in [9.17, 15) is 23.4 Å². The third kappa shape index (κ3) is 9.91. The fourth-order valence-electron chi connectivity index (χ4n) is 6.92. The maximum Gasteiger partial charge on any atom is 0.404 e. The summed E-state index contributed by atoms with van der Waals surface area (Å²) in [5.41, 5.74) is 8.76. The zero-order valence-electron chi connectivity index (χ0n) is 34.6. The lowest BCUT2D eigenvalue weighted by Crippen LogP contribution is -2.46. The van der Waals surface area contributed by atoms with Gasteiger partial charge in [0, 0.05) is 25.2 Å². The first-order chi connectivity index (χ1) is 30.7. The molecule has 0 aliphatic carbocycles. The largest absolute Gasteiger partial charge is 0.497 e. The van der Waals surface area contributed by atoms with Gasteiger partial charge in [-0.3, -0.25) is 0 Å². The minimum absolute atomic E-state index is 0.00316. The van der Waals surface area contributed by atoms with Crippen LogP contribution in [0.15, 0.2) is 113 Å². The Kier molecular flexibility index (Phi) is 13.7. The van der Waals surface area contributed by atoms with Crippen molar-refractivity contribution in [3.8, 4) is 39.8 Å². The summed E-state index contributed by atoms with van der Waals surface area (Å²) in [5.74, 6) is 1.52. The van der Waals surface area contributed by atoms with E-state index in [1.807, 2.05) is 0 Å². The van der Waals surface area contributed by atoms with Crippen LogP contribution in [0.3, 0.4) is 0 Å². The van der Waals surface area contributed by atoms with Gasteiger partial charge in [0.1, 0.15) is 27.0 Å². The number of fused-ring (bicyclic) bond motifs is 1. The molecule has 1 amide bonds. The van der Waals surface area contributed by atoms with Crippen molar-refractivity contribution in [2.45, 2.75) is 35.5 Å². The molecule has 7 aromatic rings. The average Bonchev–Trinajstić information content (AvgIpc) is 3.93. The number of amides is 1. The molecule has 0 spiro atoms. The molecule has 0 radical (unpaired) electrons. The highest BCUT2D eigenvalue weighted by Crippen LogP contribution is 2.44. The molecule has 19 nitrogen and oxygen atoms in total. The second kappa shape index (κ2) is 19.4. The number of rotatable bonds is 19. The number of carbonyl (C=O) groups is 1. The molecule has 0 aliphatic rings. The van der Waals surface area contributed by atoms with Crippen molar-refractivity contribution in [2.75, 3.05) is 40.2 Å². The molecule has 6 N–H and O–H groups in total. The molecule has 2 heterocycles. The molecule has 334 valence electrons. The number of nitrogen functional groups attached to an aromatic ring is 1. The molecule has 7 rings (SSSR count). The molecule has 2 aromatic heterocycles. The van der Waals surface area contributed by atoms with E-state index in [0.717, 1.165) is 10.4 Å². The van der Waals surface area contributed by atoms with Crippen LogP contribution in [-0.4, -0.2) is 103 Å². The van der Waals surface area contributed by atoms with Crippen molar-refractivity contribution in [2.24, 2.45) is 0 Å². The molecule has 64 heavy (non-hydrogen) atoms. The number of ether oxygens (including phenoxy) is 3. The Labute approximate surface area is 372 Å². The van der Waals surface area contributed by atoms with E-state index in [0.29, 0.717) is 49.7 Å². The lowest BCUT2D eigenvalue weighted by atomic mass is 9.98. The Hall–Kier alpha value is -6.69. The van der Waals surface area contributed by atoms with Crippen LogP contribution >= 0.6 is 11.3 Å². The number of anilines is 1. The van der Waals surface area contributed by atoms with Gasteiger partial charge >= 0.3 is 6.09 Å². The number of benzene rings is 5.